The molecule has 21 heavy (non-hydrogen) atoms. The van der Waals surface area contributed by atoms with Crippen molar-refractivity contribution in [1.29, 1.82) is 0 Å². The summed E-state index contributed by atoms with van der Waals surface area (Å²) in [7, 11) is -2.83. The third kappa shape index (κ3) is 3.47. The van der Waals surface area contributed by atoms with E-state index in [2.05, 4.69) is 15.1 Å². The quantitative estimate of drug-likeness (QED) is 0.859. The van der Waals surface area contributed by atoms with Crippen molar-refractivity contribution in [2.75, 3.05) is 11.5 Å². The molecule has 0 atom stereocenters. The SMILES string of the molecule is Cc1ccc(-c2noc(CC3CCS(=O)(=O)CC3)n2)nc1. The van der Waals surface area contributed by atoms with Crippen LogP contribution in [0.3, 0.4) is 0 Å². The largest absolute Gasteiger partial charge is 0.339 e. The van der Waals surface area contributed by atoms with Gasteiger partial charge in [0.15, 0.2) is 0 Å². The molecule has 2 aromatic heterocycles. The number of aryl methyl sites for hydroxylation is 1. The minimum absolute atomic E-state index is 0.262. The smallest absolute Gasteiger partial charge is 0.227 e. The van der Waals surface area contributed by atoms with Gasteiger partial charge in [0.05, 0.1) is 11.5 Å². The molecule has 1 aliphatic rings. The van der Waals surface area contributed by atoms with Crippen LogP contribution in [0.25, 0.3) is 11.5 Å². The highest BCUT2D eigenvalue weighted by Gasteiger charge is 2.25. The molecule has 0 saturated carbocycles. The molecule has 112 valence electrons. The average molecular weight is 307 g/mol. The van der Waals surface area contributed by atoms with Crippen LogP contribution < -0.4 is 0 Å². The van der Waals surface area contributed by atoms with E-state index in [-0.39, 0.29) is 11.5 Å². The number of sulfone groups is 1. The Hall–Kier alpha value is -1.76. The van der Waals surface area contributed by atoms with Gasteiger partial charge in [-0.1, -0.05) is 11.2 Å². The van der Waals surface area contributed by atoms with E-state index in [9.17, 15) is 8.42 Å². The molecule has 0 radical (unpaired) electrons. The molecule has 3 rings (SSSR count). The van der Waals surface area contributed by atoms with E-state index < -0.39 is 9.84 Å². The molecule has 2 aromatic rings. The summed E-state index contributed by atoms with van der Waals surface area (Å²) in [6.45, 7) is 1.97. The molecule has 0 N–H and O–H groups in total. The number of rotatable bonds is 3. The second-order valence-corrected chi connectivity index (χ2v) is 7.84. The van der Waals surface area contributed by atoms with Gasteiger partial charge in [0, 0.05) is 12.6 Å². The number of hydrogen-bond donors (Lipinski definition) is 0. The Labute approximate surface area is 123 Å². The summed E-state index contributed by atoms with van der Waals surface area (Å²) < 4.78 is 28.1. The Bertz CT molecular complexity index is 708. The van der Waals surface area contributed by atoms with Crippen LogP contribution in [-0.4, -0.2) is 35.0 Å². The maximum absolute atomic E-state index is 11.4. The fourth-order valence-electron chi connectivity index (χ4n) is 2.43. The summed E-state index contributed by atoms with van der Waals surface area (Å²) in [5, 5.41) is 3.94. The van der Waals surface area contributed by atoms with Crippen LogP contribution in [-0.2, 0) is 16.3 Å². The Kier molecular flexibility index (Phi) is 3.75. The van der Waals surface area contributed by atoms with Crippen LogP contribution in [0.15, 0.2) is 22.9 Å². The van der Waals surface area contributed by atoms with E-state index >= 15 is 0 Å². The van der Waals surface area contributed by atoms with Crippen LogP contribution in [0.5, 0.6) is 0 Å². The average Bonchev–Trinajstić information content (AvgIpc) is 2.91. The van der Waals surface area contributed by atoms with Crippen LogP contribution in [0.1, 0.15) is 24.3 Å². The zero-order valence-electron chi connectivity index (χ0n) is 11.8. The summed E-state index contributed by atoms with van der Waals surface area (Å²) >= 11 is 0. The van der Waals surface area contributed by atoms with Crippen LogP contribution >= 0.6 is 0 Å². The lowest BCUT2D eigenvalue weighted by Gasteiger charge is -2.19. The molecular weight excluding hydrogens is 290 g/mol. The fourth-order valence-corrected chi connectivity index (χ4v) is 4.02. The monoisotopic (exact) mass is 307 g/mol. The van der Waals surface area contributed by atoms with E-state index in [1.165, 1.54) is 0 Å². The highest BCUT2D eigenvalue weighted by Crippen LogP contribution is 2.23. The van der Waals surface area contributed by atoms with Crippen LogP contribution in [0.4, 0.5) is 0 Å². The van der Waals surface area contributed by atoms with Crippen molar-refractivity contribution >= 4 is 9.84 Å². The second kappa shape index (κ2) is 5.55. The van der Waals surface area contributed by atoms with Crippen molar-refractivity contribution in [1.82, 2.24) is 15.1 Å². The number of nitrogens with zero attached hydrogens (tertiary/aromatic N) is 3. The Morgan fingerprint density at radius 2 is 2.05 bits per heavy atom. The highest BCUT2D eigenvalue weighted by atomic mass is 32.2. The van der Waals surface area contributed by atoms with Crippen molar-refractivity contribution in [2.45, 2.75) is 26.2 Å². The van der Waals surface area contributed by atoms with Gasteiger partial charge in [-0.25, -0.2) is 8.42 Å². The molecule has 0 aliphatic carbocycles. The molecule has 0 aromatic carbocycles. The minimum atomic E-state index is -2.83. The number of aromatic nitrogens is 3. The Morgan fingerprint density at radius 3 is 2.71 bits per heavy atom. The maximum Gasteiger partial charge on any atom is 0.227 e. The molecule has 0 unspecified atom stereocenters. The molecule has 6 nitrogen and oxygen atoms in total. The van der Waals surface area contributed by atoms with Crippen molar-refractivity contribution in [2.24, 2.45) is 5.92 Å². The molecule has 0 amide bonds. The lowest BCUT2D eigenvalue weighted by Crippen LogP contribution is -2.24. The molecule has 7 heteroatoms. The van der Waals surface area contributed by atoms with Crippen molar-refractivity contribution in [3.8, 4) is 11.5 Å². The molecule has 0 spiro atoms. The van der Waals surface area contributed by atoms with Gasteiger partial charge >= 0.3 is 0 Å². The van der Waals surface area contributed by atoms with E-state index in [1.807, 2.05) is 19.1 Å². The first-order valence-electron chi connectivity index (χ1n) is 6.98. The summed E-state index contributed by atoms with van der Waals surface area (Å²) in [6, 6.07) is 3.81. The van der Waals surface area contributed by atoms with Crippen LogP contribution in [0.2, 0.25) is 0 Å². The lowest BCUT2D eigenvalue weighted by molar-refractivity contribution is 0.342. The molecule has 3 heterocycles. The van der Waals surface area contributed by atoms with Gasteiger partial charge in [-0.3, -0.25) is 4.98 Å². The standard InChI is InChI=1S/C14H17N3O3S/c1-10-2-3-12(15-9-10)14-16-13(20-17-14)8-11-4-6-21(18,19)7-5-11/h2-3,9,11H,4-8H2,1H3. The molecular formula is C14H17N3O3S. The summed E-state index contributed by atoms with van der Waals surface area (Å²) in [5.74, 6) is 1.86. The topological polar surface area (TPSA) is 86.0 Å². The number of hydrogen-bond acceptors (Lipinski definition) is 6. The van der Waals surface area contributed by atoms with Gasteiger partial charge in [0.2, 0.25) is 11.7 Å². The zero-order chi connectivity index (χ0) is 14.9. The van der Waals surface area contributed by atoms with Crippen LogP contribution in [0, 0.1) is 12.8 Å². The number of pyridine rings is 1. The van der Waals surface area contributed by atoms with Crippen molar-refractivity contribution in [3.63, 3.8) is 0 Å². The predicted molar refractivity (Wildman–Crippen MR) is 77.3 cm³/mol. The van der Waals surface area contributed by atoms with Gasteiger partial charge < -0.3 is 4.52 Å². The Morgan fingerprint density at radius 1 is 1.29 bits per heavy atom. The summed E-state index contributed by atoms with van der Waals surface area (Å²) in [5.41, 5.74) is 1.76. The first kappa shape index (κ1) is 14.2. The first-order valence-corrected chi connectivity index (χ1v) is 8.80. The van der Waals surface area contributed by atoms with Crippen molar-refractivity contribution in [3.05, 3.63) is 29.8 Å². The molecule has 1 fully saturated rings. The maximum atomic E-state index is 11.4. The fraction of sp³-hybridized carbons (Fsp3) is 0.500. The van der Waals surface area contributed by atoms with E-state index in [1.54, 1.807) is 6.20 Å². The summed E-state index contributed by atoms with van der Waals surface area (Å²) in [4.78, 5) is 8.61. The van der Waals surface area contributed by atoms with E-state index in [0.717, 1.165) is 5.56 Å². The van der Waals surface area contributed by atoms with Gasteiger partial charge in [-0.05, 0) is 37.3 Å². The van der Waals surface area contributed by atoms with E-state index in [0.29, 0.717) is 42.6 Å². The molecule has 0 bridgehead atoms. The van der Waals surface area contributed by atoms with Gasteiger partial charge in [-0.15, -0.1) is 0 Å². The third-order valence-corrected chi connectivity index (χ3v) is 5.46. The van der Waals surface area contributed by atoms with Gasteiger partial charge in [0.25, 0.3) is 0 Å². The van der Waals surface area contributed by atoms with Gasteiger partial charge in [-0.2, -0.15) is 4.98 Å². The van der Waals surface area contributed by atoms with E-state index in [4.69, 9.17) is 4.52 Å². The second-order valence-electron chi connectivity index (χ2n) is 5.53. The first-order chi connectivity index (χ1) is 10.0. The predicted octanol–water partition coefficient (Wildman–Crippen LogP) is 1.81. The molecule has 1 saturated heterocycles. The lowest BCUT2D eigenvalue weighted by atomic mass is 9.99. The normalized spacial score (nSPS) is 18.7. The third-order valence-electron chi connectivity index (χ3n) is 3.75. The zero-order valence-corrected chi connectivity index (χ0v) is 12.6. The van der Waals surface area contributed by atoms with Crippen molar-refractivity contribution < 1.29 is 12.9 Å². The minimum Gasteiger partial charge on any atom is -0.339 e. The molecule has 1 aliphatic heterocycles. The highest BCUT2D eigenvalue weighted by molar-refractivity contribution is 7.91. The van der Waals surface area contributed by atoms with Gasteiger partial charge in [0.1, 0.15) is 15.5 Å². The Balaban J connectivity index is 1.67. The summed E-state index contributed by atoms with van der Waals surface area (Å²) in [6.07, 6.45) is 3.73.